The van der Waals surface area contributed by atoms with Gasteiger partial charge in [0.25, 0.3) is 5.91 Å². The van der Waals surface area contributed by atoms with Crippen molar-refractivity contribution in [2.24, 2.45) is 0 Å². The Hall–Kier alpha value is -2.88. The van der Waals surface area contributed by atoms with Crippen LogP contribution in [0.2, 0.25) is 0 Å². The first-order valence-electron chi connectivity index (χ1n) is 6.95. The number of benzene rings is 2. The van der Waals surface area contributed by atoms with E-state index in [1.165, 1.54) is 4.57 Å². The molecule has 0 unspecified atom stereocenters. The predicted molar refractivity (Wildman–Crippen MR) is 84.5 cm³/mol. The van der Waals surface area contributed by atoms with Gasteiger partial charge in [0, 0.05) is 16.6 Å². The third-order valence-corrected chi connectivity index (χ3v) is 3.83. The van der Waals surface area contributed by atoms with Gasteiger partial charge < -0.3 is 5.11 Å². The minimum absolute atomic E-state index is 0.177. The van der Waals surface area contributed by atoms with Gasteiger partial charge in [-0.1, -0.05) is 35.9 Å². The van der Waals surface area contributed by atoms with Crippen LogP contribution in [0.25, 0.3) is 10.9 Å². The maximum Gasteiger partial charge on any atom is 0.338 e. The largest absolute Gasteiger partial charge is 0.478 e. The summed E-state index contributed by atoms with van der Waals surface area (Å²) in [6, 6.07) is 14.3. The van der Waals surface area contributed by atoms with Gasteiger partial charge in [0.15, 0.2) is 0 Å². The zero-order chi connectivity index (χ0) is 15.9. The average molecular weight is 293 g/mol. The van der Waals surface area contributed by atoms with E-state index in [2.05, 4.69) is 0 Å². The first-order chi connectivity index (χ1) is 10.5. The van der Waals surface area contributed by atoms with Crippen LogP contribution in [0.15, 0.2) is 48.5 Å². The monoisotopic (exact) mass is 293 g/mol. The summed E-state index contributed by atoms with van der Waals surface area (Å²) in [4.78, 5) is 24.3. The van der Waals surface area contributed by atoms with Crippen molar-refractivity contribution in [2.75, 3.05) is 0 Å². The molecule has 22 heavy (non-hydrogen) atoms. The number of carboxylic acids is 1. The number of hydrogen-bond acceptors (Lipinski definition) is 2. The first kappa shape index (κ1) is 14.1. The van der Waals surface area contributed by atoms with Gasteiger partial charge in [-0.2, -0.15) is 0 Å². The Morgan fingerprint density at radius 3 is 2.23 bits per heavy atom. The smallest absolute Gasteiger partial charge is 0.338 e. The molecule has 3 aromatic rings. The number of aromatic carboxylic acids is 1. The highest BCUT2D eigenvalue weighted by molar-refractivity contribution is 6.11. The summed E-state index contributed by atoms with van der Waals surface area (Å²) in [5.74, 6) is -1.25. The van der Waals surface area contributed by atoms with E-state index in [1.54, 1.807) is 43.3 Å². The summed E-state index contributed by atoms with van der Waals surface area (Å²) in [5.41, 5.74) is 2.83. The Balaban J connectivity index is 2.27. The number of para-hydroxylation sites is 1. The summed E-state index contributed by atoms with van der Waals surface area (Å²) in [5, 5.41) is 10.0. The molecule has 0 spiro atoms. The van der Waals surface area contributed by atoms with Gasteiger partial charge in [-0.3, -0.25) is 9.36 Å². The molecule has 0 aliphatic rings. The molecule has 0 amide bonds. The fraction of sp³-hybridized carbons (Fsp3) is 0.111. The molecule has 0 saturated carbocycles. The van der Waals surface area contributed by atoms with Crippen molar-refractivity contribution in [3.8, 4) is 0 Å². The number of nitrogens with zero attached hydrogens (tertiary/aromatic N) is 1. The van der Waals surface area contributed by atoms with Crippen LogP contribution >= 0.6 is 0 Å². The van der Waals surface area contributed by atoms with Gasteiger partial charge in [0.1, 0.15) is 0 Å². The number of hydrogen-bond donors (Lipinski definition) is 1. The summed E-state index contributed by atoms with van der Waals surface area (Å²) in [6.07, 6.45) is 0. The number of aromatic nitrogens is 1. The number of carbonyl (C=O) groups excluding carboxylic acids is 1. The molecule has 2 aromatic carbocycles. The van der Waals surface area contributed by atoms with E-state index in [4.69, 9.17) is 0 Å². The molecule has 4 nitrogen and oxygen atoms in total. The maximum absolute atomic E-state index is 12.8. The molecule has 0 fully saturated rings. The van der Waals surface area contributed by atoms with Crippen LogP contribution in [-0.2, 0) is 0 Å². The SMILES string of the molecule is Cc1ccc(C(=O)n2c(C)c(C(=O)O)c3ccccc32)cc1. The van der Waals surface area contributed by atoms with Gasteiger partial charge in [0.2, 0.25) is 0 Å². The quantitative estimate of drug-likeness (QED) is 0.784. The lowest BCUT2D eigenvalue weighted by Gasteiger charge is -2.07. The number of carbonyl (C=O) groups is 2. The molecule has 0 saturated heterocycles. The van der Waals surface area contributed by atoms with E-state index in [9.17, 15) is 14.7 Å². The molecule has 1 heterocycles. The van der Waals surface area contributed by atoms with Crippen LogP contribution in [-0.4, -0.2) is 21.6 Å². The van der Waals surface area contributed by atoms with Crippen molar-refractivity contribution < 1.29 is 14.7 Å². The number of aryl methyl sites for hydroxylation is 1. The van der Waals surface area contributed by atoms with Gasteiger partial charge in [0.05, 0.1) is 11.1 Å². The highest BCUT2D eigenvalue weighted by atomic mass is 16.4. The first-order valence-corrected chi connectivity index (χ1v) is 6.95. The topological polar surface area (TPSA) is 59.3 Å². The van der Waals surface area contributed by atoms with E-state index in [0.717, 1.165) is 5.56 Å². The predicted octanol–water partition coefficient (Wildman–Crippen LogP) is 3.64. The van der Waals surface area contributed by atoms with E-state index in [-0.39, 0.29) is 11.5 Å². The minimum atomic E-state index is -1.02. The third kappa shape index (κ3) is 2.09. The fourth-order valence-corrected chi connectivity index (χ4v) is 2.72. The molecular formula is C18H15NO3. The van der Waals surface area contributed by atoms with Crippen LogP contribution in [0, 0.1) is 13.8 Å². The van der Waals surface area contributed by atoms with Crippen LogP contribution in [0.5, 0.6) is 0 Å². The number of rotatable bonds is 2. The molecule has 4 heteroatoms. The molecule has 0 atom stereocenters. The van der Waals surface area contributed by atoms with Crippen LogP contribution in [0.1, 0.15) is 32.0 Å². The Morgan fingerprint density at radius 2 is 1.59 bits per heavy atom. The zero-order valence-corrected chi connectivity index (χ0v) is 12.3. The van der Waals surface area contributed by atoms with Gasteiger partial charge in [-0.25, -0.2) is 4.79 Å². The molecule has 1 N–H and O–H groups in total. The summed E-state index contributed by atoms with van der Waals surface area (Å²) >= 11 is 0. The van der Waals surface area contributed by atoms with E-state index < -0.39 is 5.97 Å². The maximum atomic E-state index is 12.8. The van der Waals surface area contributed by atoms with Crippen LogP contribution in [0.4, 0.5) is 0 Å². The summed E-state index contributed by atoms with van der Waals surface area (Å²) in [7, 11) is 0. The van der Waals surface area contributed by atoms with Crippen molar-refractivity contribution in [1.82, 2.24) is 4.57 Å². The van der Waals surface area contributed by atoms with Gasteiger partial charge in [-0.15, -0.1) is 0 Å². The molecule has 1 aromatic heterocycles. The van der Waals surface area contributed by atoms with Crippen molar-refractivity contribution in [1.29, 1.82) is 0 Å². The lowest BCUT2D eigenvalue weighted by atomic mass is 10.1. The van der Waals surface area contributed by atoms with Crippen molar-refractivity contribution >= 4 is 22.8 Å². The standard InChI is InChI=1S/C18H15NO3/c1-11-7-9-13(10-8-11)17(20)19-12(2)16(18(21)22)14-5-3-4-6-15(14)19/h3-10H,1-2H3,(H,21,22). The van der Waals surface area contributed by atoms with Crippen LogP contribution < -0.4 is 0 Å². The minimum Gasteiger partial charge on any atom is -0.478 e. The molecule has 0 radical (unpaired) electrons. The highest BCUT2D eigenvalue weighted by Gasteiger charge is 2.23. The van der Waals surface area contributed by atoms with Gasteiger partial charge >= 0.3 is 5.97 Å². The molecule has 0 bridgehead atoms. The highest BCUT2D eigenvalue weighted by Crippen LogP contribution is 2.26. The number of carboxylic acid groups (broad SMARTS) is 1. The second kappa shape index (κ2) is 5.15. The Labute approximate surface area is 127 Å². The molecule has 110 valence electrons. The zero-order valence-electron chi connectivity index (χ0n) is 12.3. The lowest BCUT2D eigenvalue weighted by Crippen LogP contribution is -2.14. The third-order valence-electron chi connectivity index (χ3n) is 3.83. The van der Waals surface area contributed by atoms with E-state index in [1.807, 2.05) is 19.1 Å². The van der Waals surface area contributed by atoms with E-state index in [0.29, 0.717) is 22.2 Å². The van der Waals surface area contributed by atoms with Crippen molar-refractivity contribution in [3.63, 3.8) is 0 Å². The Bertz CT molecular complexity index is 889. The molecular weight excluding hydrogens is 278 g/mol. The van der Waals surface area contributed by atoms with Crippen LogP contribution in [0.3, 0.4) is 0 Å². The molecule has 0 aliphatic carbocycles. The van der Waals surface area contributed by atoms with Gasteiger partial charge in [-0.05, 0) is 32.0 Å². The molecule has 0 aliphatic heterocycles. The van der Waals surface area contributed by atoms with Crippen molar-refractivity contribution in [2.45, 2.75) is 13.8 Å². The lowest BCUT2D eigenvalue weighted by molar-refractivity contribution is 0.0698. The average Bonchev–Trinajstić information content (AvgIpc) is 2.79. The second-order valence-electron chi connectivity index (χ2n) is 5.29. The summed E-state index contributed by atoms with van der Waals surface area (Å²) < 4.78 is 1.48. The fourth-order valence-electron chi connectivity index (χ4n) is 2.72. The Kier molecular flexibility index (Phi) is 3.29. The summed E-state index contributed by atoms with van der Waals surface area (Å²) in [6.45, 7) is 3.61. The molecule has 3 rings (SSSR count). The normalized spacial score (nSPS) is 10.8. The Morgan fingerprint density at radius 1 is 0.955 bits per heavy atom. The van der Waals surface area contributed by atoms with Crippen molar-refractivity contribution in [3.05, 3.63) is 70.9 Å². The number of fused-ring (bicyclic) bond motifs is 1. The second-order valence-corrected chi connectivity index (χ2v) is 5.29. The van der Waals surface area contributed by atoms with E-state index >= 15 is 0 Å².